The first-order valence-corrected chi connectivity index (χ1v) is 11.3. The largest absolute Gasteiger partial charge is 0.494 e. The summed E-state index contributed by atoms with van der Waals surface area (Å²) in [6.07, 6.45) is -0.366. The number of ether oxygens (including phenoxy) is 2. The number of amides is 1. The lowest BCUT2D eigenvalue weighted by Crippen LogP contribution is -2.30. The quantitative estimate of drug-likeness (QED) is 0.264. The van der Waals surface area contributed by atoms with Crippen molar-refractivity contribution in [2.24, 2.45) is 0 Å². The van der Waals surface area contributed by atoms with Gasteiger partial charge in [0.25, 0.3) is 0 Å². The Bertz CT molecular complexity index is 1150. The molecule has 0 aliphatic rings. The van der Waals surface area contributed by atoms with Crippen LogP contribution in [0.4, 0.5) is 25.8 Å². The molecule has 3 aromatic rings. The molecule has 0 fully saturated rings. The highest BCUT2D eigenvalue weighted by Crippen LogP contribution is 2.31. The van der Waals surface area contributed by atoms with Gasteiger partial charge in [-0.2, -0.15) is 0 Å². The number of carboxylic acid groups (broad SMARTS) is 1. The van der Waals surface area contributed by atoms with Gasteiger partial charge in [0.15, 0.2) is 16.7 Å². The minimum absolute atomic E-state index is 0.0480. The van der Waals surface area contributed by atoms with Crippen LogP contribution in [-0.4, -0.2) is 53.7 Å². The molecule has 4 N–H and O–H groups in total. The molecule has 0 saturated heterocycles. The van der Waals surface area contributed by atoms with Crippen LogP contribution in [0.25, 0.3) is 0 Å². The number of thiazole rings is 1. The summed E-state index contributed by atoms with van der Waals surface area (Å²) in [5, 5.41) is 12.5. The SMILES string of the molecule is CCN(CCCOc1ccc(Nc2nc(N)c(C(=O)c3ccc(OC)c(F)c3)s2)cc1)C(=O)O. The molecular formula is C23H25FN4O5S. The van der Waals surface area contributed by atoms with Crippen LogP contribution in [0.2, 0.25) is 0 Å². The number of nitrogens with two attached hydrogens (primary N) is 1. The number of anilines is 3. The molecule has 0 aliphatic heterocycles. The fraction of sp³-hybridized carbons (Fsp3) is 0.261. The Morgan fingerprint density at radius 3 is 2.59 bits per heavy atom. The molecule has 1 heterocycles. The number of nitrogens with one attached hydrogen (secondary N) is 1. The monoisotopic (exact) mass is 488 g/mol. The van der Waals surface area contributed by atoms with Crippen molar-refractivity contribution < 1.29 is 28.6 Å². The van der Waals surface area contributed by atoms with E-state index in [1.165, 1.54) is 24.1 Å². The predicted octanol–water partition coefficient (Wildman–Crippen LogP) is 4.62. The van der Waals surface area contributed by atoms with Crippen molar-refractivity contribution in [3.8, 4) is 11.5 Å². The molecule has 11 heteroatoms. The van der Waals surface area contributed by atoms with Crippen LogP contribution in [0.15, 0.2) is 42.5 Å². The number of methoxy groups -OCH3 is 1. The third kappa shape index (κ3) is 6.13. The molecule has 0 unspecified atom stereocenters. The van der Waals surface area contributed by atoms with Gasteiger partial charge >= 0.3 is 6.09 Å². The van der Waals surface area contributed by atoms with Gasteiger partial charge in [-0.1, -0.05) is 11.3 Å². The number of ketones is 1. The number of nitrogen functional groups attached to an aromatic ring is 1. The summed E-state index contributed by atoms with van der Waals surface area (Å²) >= 11 is 1.07. The number of nitrogens with zero attached hydrogens (tertiary/aromatic N) is 2. The molecule has 34 heavy (non-hydrogen) atoms. The first kappa shape index (κ1) is 24.8. The first-order valence-electron chi connectivity index (χ1n) is 10.4. The van der Waals surface area contributed by atoms with Crippen molar-refractivity contribution in [1.82, 2.24) is 9.88 Å². The van der Waals surface area contributed by atoms with Gasteiger partial charge in [0.2, 0.25) is 5.78 Å². The maximum atomic E-state index is 14.0. The van der Waals surface area contributed by atoms with Gasteiger partial charge in [0.1, 0.15) is 16.4 Å². The van der Waals surface area contributed by atoms with E-state index in [1.807, 2.05) is 0 Å². The second-order valence-electron chi connectivity index (χ2n) is 7.13. The van der Waals surface area contributed by atoms with Crippen molar-refractivity contribution in [3.05, 3.63) is 58.7 Å². The van der Waals surface area contributed by atoms with Gasteiger partial charge in [0, 0.05) is 24.3 Å². The average molecular weight is 489 g/mol. The highest BCUT2D eigenvalue weighted by molar-refractivity contribution is 7.18. The number of rotatable bonds is 11. The minimum atomic E-state index is -0.943. The maximum absolute atomic E-state index is 14.0. The van der Waals surface area contributed by atoms with Crippen LogP contribution in [0.3, 0.4) is 0 Å². The number of carbonyl (C=O) groups excluding carboxylic acids is 1. The van der Waals surface area contributed by atoms with E-state index in [2.05, 4.69) is 10.3 Å². The Morgan fingerprint density at radius 1 is 1.24 bits per heavy atom. The van der Waals surface area contributed by atoms with E-state index in [4.69, 9.17) is 20.3 Å². The molecule has 0 bridgehead atoms. The number of halogens is 1. The Balaban J connectivity index is 1.58. The highest BCUT2D eigenvalue weighted by Gasteiger charge is 2.19. The lowest BCUT2D eigenvalue weighted by atomic mass is 10.1. The Morgan fingerprint density at radius 2 is 1.97 bits per heavy atom. The normalized spacial score (nSPS) is 10.6. The zero-order valence-corrected chi connectivity index (χ0v) is 19.5. The van der Waals surface area contributed by atoms with Crippen molar-refractivity contribution >= 4 is 39.9 Å². The van der Waals surface area contributed by atoms with Gasteiger partial charge in [0.05, 0.1) is 13.7 Å². The number of carbonyl (C=O) groups is 2. The van der Waals surface area contributed by atoms with Gasteiger partial charge < -0.3 is 30.5 Å². The number of benzene rings is 2. The number of hydrogen-bond donors (Lipinski definition) is 3. The minimum Gasteiger partial charge on any atom is -0.494 e. The first-order chi connectivity index (χ1) is 16.3. The Hall–Kier alpha value is -3.86. The summed E-state index contributed by atoms with van der Waals surface area (Å²) in [6.45, 7) is 3.01. The zero-order chi connectivity index (χ0) is 24.7. The van der Waals surface area contributed by atoms with Gasteiger partial charge in [-0.15, -0.1) is 0 Å². The molecule has 1 amide bonds. The smallest absolute Gasteiger partial charge is 0.407 e. The summed E-state index contributed by atoms with van der Waals surface area (Å²) in [6, 6.07) is 11.0. The van der Waals surface area contributed by atoms with E-state index in [0.29, 0.717) is 42.7 Å². The van der Waals surface area contributed by atoms with Crippen molar-refractivity contribution in [2.75, 3.05) is 37.9 Å². The van der Waals surface area contributed by atoms with E-state index in [1.54, 1.807) is 31.2 Å². The molecule has 180 valence electrons. The molecule has 3 rings (SSSR count). The van der Waals surface area contributed by atoms with Crippen LogP contribution < -0.4 is 20.5 Å². The highest BCUT2D eigenvalue weighted by atomic mass is 32.1. The van der Waals surface area contributed by atoms with Crippen LogP contribution in [-0.2, 0) is 0 Å². The van der Waals surface area contributed by atoms with Gasteiger partial charge in [-0.05, 0) is 55.8 Å². The lowest BCUT2D eigenvalue weighted by Gasteiger charge is -2.16. The van der Waals surface area contributed by atoms with E-state index in [9.17, 15) is 14.0 Å². The molecule has 2 aromatic carbocycles. The van der Waals surface area contributed by atoms with Crippen LogP contribution in [0.1, 0.15) is 28.6 Å². The van der Waals surface area contributed by atoms with E-state index < -0.39 is 17.7 Å². The average Bonchev–Trinajstić information content (AvgIpc) is 3.19. The molecule has 1 aromatic heterocycles. The van der Waals surface area contributed by atoms with Gasteiger partial charge in [-0.3, -0.25) is 4.79 Å². The fourth-order valence-electron chi connectivity index (χ4n) is 3.08. The van der Waals surface area contributed by atoms with Crippen LogP contribution in [0.5, 0.6) is 11.5 Å². The third-order valence-corrected chi connectivity index (χ3v) is 5.86. The maximum Gasteiger partial charge on any atom is 0.407 e. The second kappa shape index (κ2) is 11.3. The molecule has 0 spiro atoms. The number of aromatic nitrogens is 1. The Kier molecular flexibility index (Phi) is 8.25. The molecule has 9 nitrogen and oxygen atoms in total. The molecule has 0 atom stereocenters. The van der Waals surface area contributed by atoms with E-state index in [0.717, 1.165) is 17.4 Å². The lowest BCUT2D eigenvalue weighted by molar-refractivity contribution is 0.104. The summed E-state index contributed by atoms with van der Waals surface area (Å²) in [4.78, 5) is 29.5. The Labute approximate surface area is 199 Å². The summed E-state index contributed by atoms with van der Waals surface area (Å²) in [7, 11) is 1.35. The molecule has 0 radical (unpaired) electrons. The van der Waals surface area contributed by atoms with E-state index in [-0.39, 0.29) is 22.0 Å². The second-order valence-corrected chi connectivity index (χ2v) is 8.12. The number of hydrogen-bond acceptors (Lipinski definition) is 8. The molecule has 0 aliphatic carbocycles. The van der Waals surface area contributed by atoms with Gasteiger partial charge in [-0.25, -0.2) is 14.2 Å². The van der Waals surface area contributed by atoms with Crippen molar-refractivity contribution in [1.29, 1.82) is 0 Å². The predicted molar refractivity (Wildman–Crippen MR) is 128 cm³/mol. The fourth-order valence-corrected chi connectivity index (χ4v) is 3.95. The third-order valence-electron chi connectivity index (χ3n) is 4.87. The summed E-state index contributed by atoms with van der Waals surface area (Å²) in [5.74, 6) is -0.331. The van der Waals surface area contributed by atoms with Crippen molar-refractivity contribution in [3.63, 3.8) is 0 Å². The molecule has 0 saturated carbocycles. The topological polar surface area (TPSA) is 127 Å². The molecular weight excluding hydrogens is 463 g/mol. The van der Waals surface area contributed by atoms with Crippen LogP contribution in [0, 0.1) is 5.82 Å². The summed E-state index contributed by atoms with van der Waals surface area (Å²) in [5.41, 5.74) is 6.78. The standard InChI is InChI=1S/C23H25FN4O5S/c1-3-28(23(30)31)11-4-12-33-16-8-6-15(7-9-16)26-22-27-21(25)20(34-22)19(29)14-5-10-18(32-2)17(24)13-14/h5-10,13H,3-4,11-12,25H2,1-2H3,(H,26,27)(H,30,31). The zero-order valence-electron chi connectivity index (χ0n) is 18.7. The van der Waals surface area contributed by atoms with E-state index >= 15 is 0 Å². The van der Waals surface area contributed by atoms with Crippen LogP contribution >= 0.6 is 11.3 Å². The van der Waals surface area contributed by atoms with Crippen molar-refractivity contribution in [2.45, 2.75) is 13.3 Å². The summed E-state index contributed by atoms with van der Waals surface area (Å²) < 4.78 is 24.5.